The second kappa shape index (κ2) is 7.45. The third kappa shape index (κ3) is 3.69. The molecule has 1 saturated heterocycles. The van der Waals surface area contributed by atoms with Gasteiger partial charge in [0.1, 0.15) is 5.75 Å². The predicted molar refractivity (Wildman–Crippen MR) is 91.7 cm³/mol. The maximum absolute atomic E-state index is 5.39. The fourth-order valence-electron chi connectivity index (χ4n) is 3.13. The van der Waals surface area contributed by atoms with Crippen LogP contribution in [0.25, 0.3) is 10.9 Å². The second-order valence-corrected chi connectivity index (χ2v) is 5.93. The maximum Gasteiger partial charge on any atom is 0.121 e. The fraction of sp³-hybridized carbons (Fsp3) is 0.500. The molecule has 22 heavy (non-hydrogen) atoms. The van der Waals surface area contributed by atoms with E-state index in [4.69, 9.17) is 4.74 Å². The third-order valence-electron chi connectivity index (χ3n) is 4.33. The molecule has 4 nitrogen and oxygen atoms in total. The van der Waals surface area contributed by atoms with Gasteiger partial charge < -0.3 is 15.0 Å². The number of likely N-dealkylation sites (tertiary alicyclic amines) is 1. The predicted octanol–water partition coefficient (Wildman–Crippen LogP) is 3.53. The van der Waals surface area contributed by atoms with E-state index in [1.807, 2.05) is 24.4 Å². The van der Waals surface area contributed by atoms with Gasteiger partial charge in [-0.3, -0.25) is 4.98 Å². The summed E-state index contributed by atoms with van der Waals surface area (Å²) in [5.41, 5.74) is 2.08. The van der Waals surface area contributed by atoms with E-state index in [9.17, 15) is 0 Å². The molecule has 2 aromatic rings. The number of nitrogens with one attached hydrogen (secondary N) is 1. The van der Waals surface area contributed by atoms with Gasteiger partial charge >= 0.3 is 0 Å². The Bertz CT molecular complexity index is 608. The number of methoxy groups -OCH3 is 1. The van der Waals surface area contributed by atoms with Crippen molar-refractivity contribution < 1.29 is 4.74 Å². The maximum atomic E-state index is 5.39. The van der Waals surface area contributed by atoms with Crippen molar-refractivity contribution in [3.8, 4) is 5.75 Å². The lowest BCUT2D eigenvalue weighted by Gasteiger charge is -2.26. The molecule has 0 radical (unpaired) electrons. The number of anilines is 1. The van der Waals surface area contributed by atoms with Gasteiger partial charge in [0.15, 0.2) is 0 Å². The van der Waals surface area contributed by atoms with Crippen molar-refractivity contribution in [2.24, 2.45) is 0 Å². The lowest BCUT2D eigenvalue weighted by molar-refractivity contribution is 0.228. The van der Waals surface area contributed by atoms with Gasteiger partial charge in [-0.15, -0.1) is 0 Å². The average Bonchev–Trinajstić information content (AvgIpc) is 2.59. The molecular formula is C18H25N3O. The smallest absolute Gasteiger partial charge is 0.121 e. The number of hydrogen-bond donors (Lipinski definition) is 1. The highest BCUT2D eigenvalue weighted by atomic mass is 16.5. The molecule has 0 atom stereocenters. The molecule has 0 amide bonds. The van der Waals surface area contributed by atoms with Gasteiger partial charge in [-0.25, -0.2) is 0 Å². The molecule has 1 aliphatic rings. The largest absolute Gasteiger partial charge is 0.497 e. The van der Waals surface area contributed by atoms with Crippen molar-refractivity contribution in [1.29, 1.82) is 0 Å². The van der Waals surface area contributed by atoms with Crippen LogP contribution in [-0.2, 0) is 0 Å². The van der Waals surface area contributed by atoms with Gasteiger partial charge in [0.05, 0.1) is 18.3 Å². The summed E-state index contributed by atoms with van der Waals surface area (Å²) in [6, 6.07) is 8.10. The Morgan fingerprint density at radius 3 is 2.91 bits per heavy atom. The van der Waals surface area contributed by atoms with Crippen molar-refractivity contribution in [3.05, 3.63) is 30.5 Å². The van der Waals surface area contributed by atoms with Crippen molar-refractivity contribution in [3.63, 3.8) is 0 Å². The van der Waals surface area contributed by atoms with Gasteiger partial charge in [-0.05, 0) is 51.0 Å². The summed E-state index contributed by atoms with van der Waals surface area (Å²) in [7, 11) is 1.71. The minimum absolute atomic E-state index is 0.874. The lowest BCUT2D eigenvalue weighted by Crippen LogP contribution is -2.31. The van der Waals surface area contributed by atoms with Crippen LogP contribution in [0.1, 0.15) is 25.7 Å². The van der Waals surface area contributed by atoms with E-state index in [-0.39, 0.29) is 0 Å². The van der Waals surface area contributed by atoms with Crippen LogP contribution in [-0.4, -0.2) is 43.2 Å². The first-order chi connectivity index (χ1) is 10.9. The number of piperidine rings is 1. The lowest BCUT2D eigenvalue weighted by atomic mass is 10.1. The molecule has 0 spiro atoms. The van der Waals surface area contributed by atoms with Crippen molar-refractivity contribution in [2.75, 3.05) is 38.6 Å². The first kappa shape index (κ1) is 15.1. The Hall–Kier alpha value is -1.81. The van der Waals surface area contributed by atoms with Crippen LogP contribution in [0.2, 0.25) is 0 Å². The van der Waals surface area contributed by atoms with E-state index in [0.29, 0.717) is 0 Å². The number of hydrogen-bond acceptors (Lipinski definition) is 4. The fourth-order valence-corrected chi connectivity index (χ4v) is 3.13. The molecule has 0 saturated carbocycles. The molecule has 0 aliphatic carbocycles. The van der Waals surface area contributed by atoms with Crippen LogP contribution in [0.15, 0.2) is 30.5 Å². The number of benzene rings is 1. The molecule has 1 fully saturated rings. The molecule has 118 valence electrons. The Morgan fingerprint density at radius 2 is 2.09 bits per heavy atom. The second-order valence-electron chi connectivity index (χ2n) is 5.93. The van der Waals surface area contributed by atoms with Gasteiger partial charge in [0.25, 0.3) is 0 Å². The number of nitrogens with zero attached hydrogens (tertiary/aromatic N) is 2. The van der Waals surface area contributed by atoms with Gasteiger partial charge in [0, 0.05) is 24.2 Å². The quantitative estimate of drug-likeness (QED) is 0.828. The molecule has 1 aromatic heterocycles. The van der Waals surface area contributed by atoms with Crippen LogP contribution >= 0.6 is 0 Å². The number of aromatic nitrogens is 1. The van der Waals surface area contributed by atoms with Crippen molar-refractivity contribution in [1.82, 2.24) is 9.88 Å². The first-order valence-corrected chi connectivity index (χ1v) is 8.26. The molecule has 1 aliphatic heterocycles. The number of rotatable bonds is 6. The first-order valence-electron chi connectivity index (χ1n) is 8.26. The minimum Gasteiger partial charge on any atom is -0.497 e. The summed E-state index contributed by atoms with van der Waals surface area (Å²) >= 11 is 0. The summed E-state index contributed by atoms with van der Waals surface area (Å²) in [6.45, 7) is 4.69. The zero-order valence-electron chi connectivity index (χ0n) is 13.3. The summed E-state index contributed by atoms with van der Waals surface area (Å²) in [5.74, 6) is 0.874. The highest BCUT2D eigenvalue weighted by Gasteiger charge is 2.09. The summed E-state index contributed by atoms with van der Waals surface area (Å²) < 4.78 is 5.39. The van der Waals surface area contributed by atoms with E-state index < -0.39 is 0 Å². The number of fused-ring (bicyclic) bond motifs is 1. The highest BCUT2D eigenvalue weighted by molar-refractivity contribution is 5.91. The SMILES string of the molecule is COc1cc(NCCCN2CCCCC2)c2ncccc2c1. The van der Waals surface area contributed by atoms with E-state index in [1.165, 1.54) is 38.9 Å². The molecule has 0 unspecified atom stereocenters. The Balaban J connectivity index is 1.60. The van der Waals surface area contributed by atoms with E-state index in [2.05, 4.69) is 21.3 Å². The standard InChI is InChI=1S/C18H25N3O/c1-22-16-13-15-7-5-8-20-18(15)17(14-16)19-9-6-12-21-10-3-2-4-11-21/h5,7-8,13-14,19H,2-4,6,9-12H2,1H3. The highest BCUT2D eigenvalue weighted by Crippen LogP contribution is 2.27. The molecule has 0 bridgehead atoms. The van der Waals surface area contributed by atoms with Crippen molar-refractivity contribution >= 4 is 16.6 Å². The topological polar surface area (TPSA) is 37.4 Å². The number of pyridine rings is 1. The zero-order valence-corrected chi connectivity index (χ0v) is 13.3. The Labute approximate surface area is 132 Å². The van der Waals surface area contributed by atoms with Gasteiger partial charge in [-0.2, -0.15) is 0 Å². The van der Waals surface area contributed by atoms with Crippen LogP contribution < -0.4 is 10.1 Å². The molecule has 1 aromatic carbocycles. The van der Waals surface area contributed by atoms with Crippen LogP contribution in [0, 0.1) is 0 Å². The van der Waals surface area contributed by atoms with Gasteiger partial charge in [0.2, 0.25) is 0 Å². The zero-order chi connectivity index (χ0) is 15.2. The van der Waals surface area contributed by atoms with E-state index in [0.717, 1.165) is 35.3 Å². The average molecular weight is 299 g/mol. The minimum atomic E-state index is 0.874. The number of ether oxygens (including phenoxy) is 1. The van der Waals surface area contributed by atoms with Crippen LogP contribution in [0.3, 0.4) is 0 Å². The Morgan fingerprint density at radius 1 is 1.23 bits per heavy atom. The normalized spacial score (nSPS) is 15.9. The van der Waals surface area contributed by atoms with Crippen molar-refractivity contribution in [2.45, 2.75) is 25.7 Å². The monoisotopic (exact) mass is 299 g/mol. The summed E-state index contributed by atoms with van der Waals surface area (Å²) in [6.07, 6.45) is 7.12. The third-order valence-corrected chi connectivity index (χ3v) is 4.33. The summed E-state index contributed by atoms with van der Waals surface area (Å²) in [5, 5.41) is 4.64. The molecule has 4 heteroatoms. The molecule has 2 heterocycles. The van der Waals surface area contributed by atoms with Gasteiger partial charge in [-0.1, -0.05) is 12.5 Å². The molecular weight excluding hydrogens is 274 g/mol. The molecule has 1 N–H and O–H groups in total. The summed E-state index contributed by atoms with van der Waals surface area (Å²) in [4.78, 5) is 7.07. The molecule has 3 rings (SSSR count). The van der Waals surface area contributed by atoms with E-state index >= 15 is 0 Å². The van der Waals surface area contributed by atoms with E-state index in [1.54, 1.807) is 7.11 Å². The van der Waals surface area contributed by atoms with Crippen LogP contribution in [0.4, 0.5) is 5.69 Å². The van der Waals surface area contributed by atoms with Crippen LogP contribution in [0.5, 0.6) is 5.75 Å². The Kier molecular flexibility index (Phi) is 5.11.